The summed E-state index contributed by atoms with van der Waals surface area (Å²) in [6.07, 6.45) is -0.279. The zero-order valence-corrected chi connectivity index (χ0v) is 8.19. The molecule has 1 aromatic carbocycles. The van der Waals surface area contributed by atoms with E-state index in [1.807, 2.05) is 6.07 Å². The van der Waals surface area contributed by atoms with Crippen molar-refractivity contribution in [1.29, 1.82) is 5.26 Å². The lowest BCUT2D eigenvalue weighted by molar-refractivity contribution is 0.0395. The molecule has 76 valence electrons. The van der Waals surface area contributed by atoms with E-state index in [0.717, 1.165) is 5.56 Å². The summed E-state index contributed by atoms with van der Waals surface area (Å²) < 4.78 is 10.1. The second-order valence-electron chi connectivity index (χ2n) is 3.21. The van der Waals surface area contributed by atoms with Gasteiger partial charge in [0.1, 0.15) is 11.9 Å². The Morgan fingerprint density at radius 3 is 3.07 bits per heavy atom. The maximum atomic E-state index is 11.4. The zero-order chi connectivity index (χ0) is 10.8. The molecule has 0 saturated heterocycles. The van der Waals surface area contributed by atoms with Gasteiger partial charge in [0, 0.05) is 5.56 Å². The summed E-state index contributed by atoms with van der Waals surface area (Å²) in [5.74, 6) is 0.294. The van der Waals surface area contributed by atoms with Crippen LogP contribution in [0.4, 0.5) is 0 Å². The summed E-state index contributed by atoms with van der Waals surface area (Å²) in [5.41, 5.74) is 1.26. The normalized spacial score (nSPS) is 17.9. The van der Waals surface area contributed by atoms with Gasteiger partial charge in [0.2, 0.25) is 0 Å². The number of carbonyl (C=O) groups excluding carboxylic acids is 1. The monoisotopic (exact) mass is 203 g/mol. The maximum absolute atomic E-state index is 11.4. The van der Waals surface area contributed by atoms with Crippen molar-refractivity contribution >= 4 is 5.97 Å². The molecule has 0 bridgehead atoms. The van der Waals surface area contributed by atoms with Crippen LogP contribution in [0.2, 0.25) is 0 Å². The number of ether oxygens (including phenoxy) is 2. The Kier molecular flexibility index (Phi) is 2.30. The van der Waals surface area contributed by atoms with Crippen molar-refractivity contribution in [2.24, 2.45) is 0 Å². The average Bonchev–Trinajstić information content (AvgIpc) is 2.56. The van der Waals surface area contributed by atoms with Crippen molar-refractivity contribution in [3.8, 4) is 11.8 Å². The highest BCUT2D eigenvalue weighted by Crippen LogP contribution is 2.34. The number of nitrogens with zero attached hydrogens (tertiary/aromatic N) is 1. The fourth-order valence-corrected chi connectivity index (χ4v) is 1.61. The van der Waals surface area contributed by atoms with E-state index >= 15 is 0 Å². The SMILES string of the molecule is COc1ccc2c(c1)C(CC#N)OC2=O. The molecule has 0 aromatic heterocycles. The molecule has 1 aliphatic rings. The first-order valence-corrected chi connectivity index (χ1v) is 4.52. The first-order valence-electron chi connectivity index (χ1n) is 4.52. The highest BCUT2D eigenvalue weighted by atomic mass is 16.5. The Morgan fingerprint density at radius 1 is 1.60 bits per heavy atom. The Hall–Kier alpha value is -2.02. The van der Waals surface area contributed by atoms with Crippen LogP contribution < -0.4 is 4.74 Å². The van der Waals surface area contributed by atoms with Crippen molar-refractivity contribution < 1.29 is 14.3 Å². The van der Waals surface area contributed by atoms with Crippen molar-refractivity contribution in [2.75, 3.05) is 7.11 Å². The summed E-state index contributed by atoms with van der Waals surface area (Å²) in [6.45, 7) is 0. The molecule has 1 unspecified atom stereocenters. The van der Waals surface area contributed by atoms with Gasteiger partial charge in [-0.2, -0.15) is 5.26 Å². The Balaban J connectivity index is 2.43. The van der Waals surface area contributed by atoms with Crippen molar-refractivity contribution in [3.05, 3.63) is 29.3 Å². The first kappa shape index (κ1) is 9.53. The zero-order valence-electron chi connectivity index (χ0n) is 8.19. The van der Waals surface area contributed by atoms with Crippen LogP contribution >= 0.6 is 0 Å². The lowest BCUT2D eigenvalue weighted by atomic mass is 10.0. The van der Waals surface area contributed by atoms with Crippen LogP contribution in [0.25, 0.3) is 0 Å². The predicted molar refractivity (Wildman–Crippen MR) is 51.4 cm³/mol. The van der Waals surface area contributed by atoms with Gasteiger partial charge in [0.25, 0.3) is 0 Å². The number of cyclic esters (lactones) is 1. The van der Waals surface area contributed by atoms with E-state index in [2.05, 4.69) is 0 Å². The second-order valence-corrected chi connectivity index (χ2v) is 3.21. The predicted octanol–water partition coefficient (Wildman–Crippen LogP) is 1.82. The van der Waals surface area contributed by atoms with Crippen LogP contribution in [0.3, 0.4) is 0 Å². The number of rotatable bonds is 2. The third kappa shape index (κ3) is 1.52. The molecule has 4 nitrogen and oxygen atoms in total. The summed E-state index contributed by atoms with van der Waals surface area (Å²) in [5, 5.41) is 8.59. The molecule has 0 fully saturated rings. The van der Waals surface area contributed by atoms with Gasteiger partial charge < -0.3 is 9.47 Å². The minimum Gasteiger partial charge on any atom is -0.497 e. The highest BCUT2D eigenvalue weighted by molar-refractivity contribution is 5.94. The molecule has 0 spiro atoms. The van der Waals surface area contributed by atoms with Crippen LogP contribution in [0, 0.1) is 11.3 Å². The number of nitriles is 1. The van der Waals surface area contributed by atoms with Gasteiger partial charge in [-0.25, -0.2) is 4.79 Å². The standard InChI is InChI=1S/C11H9NO3/c1-14-7-2-3-8-9(6-7)10(4-5-12)15-11(8)13/h2-3,6,10H,4H2,1H3. The fourth-order valence-electron chi connectivity index (χ4n) is 1.61. The average molecular weight is 203 g/mol. The van der Waals surface area contributed by atoms with Gasteiger partial charge in [-0.15, -0.1) is 0 Å². The molecule has 0 N–H and O–H groups in total. The van der Waals surface area contributed by atoms with Crippen molar-refractivity contribution in [2.45, 2.75) is 12.5 Å². The molecule has 2 rings (SSSR count). The van der Waals surface area contributed by atoms with E-state index in [1.165, 1.54) is 0 Å². The molecule has 0 amide bonds. The van der Waals surface area contributed by atoms with E-state index in [0.29, 0.717) is 11.3 Å². The third-order valence-corrected chi connectivity index (χ3v) is 2.35. The Bertz CT molecular complexity index is 448. The maximum Gasteiger partial charge on any atom is 0.339 e. The van der Waals surface area contributed by atoms with E-state index in [1.54, 1.807) is 25.3 Å². The number of esters is 1. The van der Waals surface area contributed by atoms with E-state index in [-0.39, 0.29) is 12.4 Å². The number of methoxy groups -OCH3 is 1. The smallest absolute Gasteiger partial charge is 0.339 e. The van der Waals surface area contributed by atoms with Crippen LogP contribution in [0.5, 0.6) is 5.75 Å². The molecular weight excluding hydrogens is 194 g/mol. The summed E-state index contributed by atoms with van der Waals surface area (Å²) in [4.78, 5) is 11.4. The molecule has 1 heterocycles. The summed E-state index contributed by atoms with van der Waals surface area (Å²) >= 11 is 0. The molecular formula is C11H9NO3. The van der Waals surface area contributed by atoms with Crippen LogP contribution in [0.15, 0.2) is 18.2 Å². The van der Waals surface area contributed by atoms with Gasteiger partial charge in [-0.3, -0.25) is 0 Å². The highest BCUT2D eigenvalue weighted by Gasteiger charge is 2.30. The molecule has 1 aromatic rings. The lowest BCUT2D eigenvalue weighted by Crippen LogP contribution is -1.97. The van der Waals surface area contributed by atoms with E-state index in [9.17, 15) is 4.79 Å². The fraction of sp³-hybridized carbons (Fsp3) is 0.273. The van der Waals surface area contributed by atoms with Gasteiger partial charge >= 0.3 is 5.97 Å². The minimum atomic E-state index is -0.451. The molecule has 4 heteroatoms. The minimum absolute atomic E-state index is 0.173. The summed E-state index contributed by atoms with van der Waals surface area (Å²) in [6, 6.07) is 7.09. The Morgan fingerprint density at radius 2 is 2.40 bits per heavy atom. The molecule has 15 heavy (non-hydrogen) atoms. The third-order valence-electron chi connectivity index (χ3n) is 2.35. The van der Waals surface area contributed by atoms with Crippen LogP contribution in [-0.4, -0.2) is 13.1 Å². The molecule has 0 aliphatic carbocycles. The number of hydrogen-bond donors (Lipinski definition) is 0. The number of carbonyl (C=O) groups is 1. The number of fused-ring (bicyclic) bond motifs is 1. The van der Waals surface area contributed by atoms with Crippen LogP contribution in [-0.2, 0) is 4.74 Å². The molecule has 1 aliphatic heterocycles. The van der Waals surface area contributed by atoms with E-state index < -0.39 is 6.10 Å². The lowest BCUT2D eigenvalue weighted by Gasteiger charge is -2.06. The summed E-state index contributed by atoms with van der Waals surface area (Å²) in [7, 11) is 1.55. The number of benzene rings is 1. The largest absolute Gasteiger partial charge is 0.497 e. The van der Waals surface area contributed by atoms with Gasteiger partial charge in [-0.05, 0) is 18.2 Å². The van der Waals surface area contributed by atoms with Crippen LogP contribution in [0.1, 0.15) is 28.4 Å². The first-order chi connectivity index (χ1) is 7.26. The van der Waals surface area contributed by atoms with Gasteiger partial charge in [0.15, 0.2) is 0 Å². The van der Waals surface area contributed by atoms with Crippen molar-refractivity contribution in [1.82, 2.24) is 0 Å². The molecule has 1 atom stereocenters. The quantitative estimate of drug-likeness (QED) is 0.688. The topological polar surface area (TPSA) is 59.3 Å². The second kappa shape index (κ2) is 3.62. The molecule has 0 radical (unpaired) electrons. The van der Waals surface area contributed by atoms with Crippen molar-refractivity contribution in [3.63, 3.8) is 0 Å². The van der Waals surface area contributed by atoms with Gasteiger partial charge in [0.05, 0.1) is 25.2 Å². The Labute approximate surface area is 87.0 Å². The van der Waals surface area contributed by atoms with Gasteiger partial charge in [-0.1, -0.05) is 0 Å². The van der Waals surface area contributed by atoms with E-state index in [4.69, 9.17) is 14.7 Å². The molecule has 0 saturated carbocycles. The number of hydrogen-bond acceptors (Lipinski definition) is 4.